The molecular weight excluding hydrogens is 390 g/mol. The van der Waals surface area contributed by atoms with E-state index in [-0.39, 0.29) is 23.0 Å². The molecule has 0 bridgehead atoms. The molecule has 160 valence electrons. The molecule has 2 aliphatic rings. The first kappa shape index (κ1) is 21.0. The molecule has 2 aromatic rings. The maximum atomic E-state index is 13.3. The van der Waals surface area contributed by atoms with Crippen LogP contribution in [-0.4, -0.2) is 45.1 Å². The zero-order valence-electron chi connectivity index (χ0n) is 18.3. The van der Waals surface area contributed by atoms with Crippen LogP contribution in [0.3, 0.4) is 0 Å². The van der Waals surface area contributed by atoms with Gasteiger partial charge in [0.1, 0.15) is 23.8 Å². The fourth-order valence-electron chi connectivity index (χ4n) is 5.22. The van der Waals surface area contributed by atoms with Crippen LogP contribution in [0.15, 0.2) is 30.9 Å². The highest BCUT2D eigenvalue weighted by molar-refractivity contribution is 6.10. The van der Waals surface area contributed by atoms with E-state index in [4.69, 9.17) is 0 Å². The Morgan fingerprint density at radius 3 is 2.23 bits per heavy atom. The maximum Gasteiger partial charge on any atom is 0.329 e. The highest BCUT2D eigenvalue weighted by Gasteiger charge is 2.47. The molecule has 6 nitrogen and oxygen atoms in total. The largest absolute Gasteiger partial charge is 0.329 e. The van der Waals surface area contributed by atoms with Gasteiger partial charge in [-0.3, -0.25) is 14.2 Å². The first-order chi connectivity index (χ1) is 14.8. The molecule has 31 heavy (non-hydrogen) atoms. The van der Waals surface area contributed by atoms with Crippen molar-refractivity contribution in [2.75, 3.05) is 13.1 Å². The predicted molar refractivity (Wildman–Crippen MR) is 117 cm³/mol. The third-order valence-corrected chi connectivity index (χ3v) is 6.71. The number of nitrogens with zero attached hydrogens (tertiary/aromatic N) is 3. The lowest BCUT2D eigenvalue weighted by molar-refractivity contribution is -0.138. The molecule has 4 rings (SSSR count). The Morgan fingerprint density at radius 2 is 1.71 bits per heavy atom. The van der Waals surface area contributed by atoms with Crippen LogP contribution in [0.25, 0.3) is 0 Å². The van der Waals surface area contributed by atoms with Gasteiger partial charge in [0.2, 0.25) is 0 Å². The Morgan fingerprint density at radius 1 is 1.10 bits per heavy atom. The van der Waals surface area contributed by atoms with E-state index in [0.29, 0.717) is 38.8 Å². The zero-order valence-corrected chi connectivity index (χ0v) is 18.3. The van der Waals surface area contributed by atoms with Crippen molar-refractivity contribution in [2.24, 2.45) is 5.41 Å². The van der Waals surface area contributed by atoms with E-state index in [0.717, 1.165) is 22.3 Å². The Balaban J connectivity index is 1.50. The zero-order chi connectivity index (χ0) is 22.2. The third-order valence-electron chi connectivity index (χ3n) is 6.71. The van der Waals surface area contributed by atoms with Crippen molar-refractivity contribution in [3.05, 3.63) is 53.1 Å². The molecule has 1 aromatic heterocycles. The van der Waals surface area contributed by atoms with E-state index in [9.17, 15) is 14.4 Å². The van der Waals surface area contributed by atoms with Crippen LogP contribution in [0, 0.1) is 31.1 Å². The summed E-state index contributed by atoms with van der Waals surface area (Å²) >= 11 is 0. The Labute approximate surface area is 182 Å². The van der Waals surface area contributed by atoms with Crippen LogP contribution >= 0.6 is 0 Å². The number of likely N-dealkylation sites (tertiary alicyclic amines) is 1. The summed E-state index contributed by atoms with van der Waals surface area (Å²) in [5.41, 5.74) is 3.32. The number of aromatic nitrogens is 2. The van der Waals surface area contributed by atoms with Gasteiger partial charge in [0.25, 0.3) is 0 Å². The lowest BCUT2D eigenvalue weighted by Gasteiger charge is -2.44. The van der Waals surface area contributed by atoms with E-state index in [2.05, 4.69) is 16.8 Å². The first-order valence-electron chi connectivity index (χ1n) is 10.7. The van der Waals surface area contributed by atoms with Gasteiger partial charge >= 0.3 is 6.03 Å². The number of carbonyl (C=O) groups excluding carboxylic acids is 3. The fraction of sp³-hybridized carbons (Fsp3) is 0.440. The topological polar surface area (TPSA) is 72.3 Å². The molecule has 2 heterocycles. The molecule has 0 atom stereocenters. The van der Waals surface area contributed by atoms with Crippen LogP contribution in [0.4, 0.5) is 4.79 Å². The van der Waals surface area contributed by atoms with Gasteiger partial charge in [0, 0.05) is 43.9 Å². The number of carbonyl (C=O) groups is 3. The molecular formula is C25H27N3O3. The standard InChI is InChI=1S/C25H27N3O3/c1-4-5-19-12-17(2)22(18(3)13-19)23-20(29)14-25(15-21(23)30)6-9-27(10-7-25)24(31)28-11-8-26-16-28/h8,11-13,16,23H,6-7,9-10,14-15H2,1-3H3. The number of Topliss-reactive ketones (excluding diaryl/α,β-unsaturated/α-hetero) is 2. The number of rotatable bonds is 1. The van der Waals surface area contributed by atoms with Gasteiger partial charge in [-0.2, -0.15) is 0 Å². The molecule has 0 radical (unpaired) electrons. The van der Waals surface area contributed by atoms with Crippen molar-refractivity contribution in [1.82, 2.24) is 14.5 Å². The minimum Gasteiger partial charge on any atom is -0.324 e. The van der Waals surface area contributed by atoms with E-state index >= 15 is 0 Å². The Bertz CT molecular complexity index is 1050. The number of benzene rings is 1. The summed E-state index contributed by atoms with van der Waals surface area (Å²) in [6.45, 7) is 6.79. The molecule has 1 aliphatic heterocycles. The summed E-state index contributed by atoms with van der Waals surface area (Å²) in [6, 6.07) is 3.81. The average molecular weight is 418 g/mol. The predicted octanol–water partition coefficient (Wildman–Crippen LogP) is 3.64. The Hall–Kier alpha value is -3.20. The SMILES string of the molecule is CC#Cc1cc(C)c(C2C(=O)CC3(CCN(C(=O)n4ccnc4)CC3)CC2=O)c(C)c1. The number of imidazole rings is 1. The van der Waals surface area contributed by atoms with Crippen molar-refractivity contribution in [3.63, 3.8) is 0 Å². The van der Waals surface area contributed by atoms with Crippen molar-refractivity contribution < 1.29 is 14.4 Å². The fourth-order valence-corrected chi connectivity index (χ4v) is 5.22. The molecule has 1 aliphatic carbocycles. The van der Waals surface area contributed by atoms with Crippen LogP contribution < -0.4 is 0 Å². The van der Waals surface area contributed by atoms with Crippen LogP contribution in [0.2, 0.25) is 0 Å². The smallest absolute Gasteiger partial charge is 0.324 e. The minimum absolute atomic E-state index is 0.00571. The molecule has 1 aromatic carbocycles. The second-order valence-electron chi connectivity index (χ2n) is 8.86. The second-order valence-corrected chi connectivity index (χ2v) is 8.86. The van der Waals surface area contributed by atoms with Gasteiger partial charge in [-0.05, 0) is 67.9 Å². The molecule has 6 heteroatoms. The van der Waals surface area contributed by atoms with Gasteiger partial charge in [-0.1, -0.05) is 5.92 Å². The number of aryl methyl sites for hydroxylation is 2. The molecule has 0 unspecified atom stereocenters. The van der Waals surface area contributed by atoms with Crippen LogP contribution in [0.1, 0.15) is 60.8 Å². The Kier molecular flexibility index (Phi) is 5.53. The summed E-state index contributed by atoms with van der Waals surface area (Å²) in [6.07, 6.45) is 6.83. The van der Waals surface area contributed by atoms with Gasteiger partial charge in [0.05, 0.1) is 0 Å². The molecule has 1 spiro atoms. The maximum absolute atomic E-state index is 13.3. The molecule has 2 fully saturated rings. The normalized spacial score (nSPS) is 18.7. The van der Waals surface area contributed by atoms with E-state index in [1.165, 1.54) is 10.9 Å². The number of hydrogen-bond donors (Lipinski definition) is 0. The molecule has 1 amide bonds. The lowest BCUT2D eigenvalue weighted by atomic mass is 9.62. The lowest BCUT2D eigenvalue weighted by Crippen LogP contribution is -2.49. The molecule has 0 N–H and O–H groups in total. The monoisotopic (exact) mass is 417 g/mol. The summed E-state index contributed by atoms with van der Waals surface area (Å²) < 4.78 is 1.46. The van der Waals surface area contributed by atoms with Crippen molar-refractivity contribution in [2.45, 2.75) is 52.4 Å². The van der Waals surface area contributed by atoms with Gasteiger partial charge < -0.3 is 4.90 Å². The average Bonchev–Trinajstić information content (AvgIpc) is 3.25. The molecule has 1 saturated heterocycles. The highest BCUT2D eigenvalue weighted by Crippen LogP contribution is 2.46. The second kappa shape index (κ2) is 8.14. The van der Waals surface area contributed by atoms with E-state index in [1.807, 2.05) is 26.0 Å². The molecule has 1 saturated carbocycles. The van der Waals surface area contributed by atoms with Crippen LogP contribution in [-0.2, 0) is 9.59 Å². The van der Waals surface area contributed by atoms with Crippen molar-refractivity contribution in [1.29, 1.82) is 0 Å². The number of hydrogen-bond acceptors (Lipinski definition) is 4. The van der Waals surface area contributed by atoms with Crippen molar-refractivity contribution in [3.8, 4) is 11.8 Å². The van der Waals surface area contributed by atoms with Gasteiger partial charge in [0.15, 0.2) is 0 Å². The highest BCUT2D eigenvalue weighted by atomic mass is 16.2. The quantitative estimate of drug-likeness (QED) is 0.525. The summed E-state index contributed by atoms with van der Waals surface area (Å²) in [4.78, 5) is 44.8. The number of piperidine rings is 1. The van der Waals surface area contributed by atoms with Gasteiger partial charge in [-0.25, -0.2) is 9.78 Å². The van der Waals surface area contributed by atoms with Crippen LogP contribution in [0.5, 0.6) is 0 Å². The summed E-state index contributed by atoms with van der Waals surface area (Å²) in [7, 11) is 0. The first-order valence-corrected chi connectivity index (χ1v) is 10.7. The van der Waals surface area contributed by atoms with Gasteiger partial charge in [-0.15, -0.1) is 5.92 Å². The van der Waals surface area contributed by atoms with E-state index < -0.39 is 5.92 Å². The third kappa shape index (κ3) is 3.93. The summed E-state index contributed by atoms with van der Waals surface area (Å²) in [5, 5.41) is 0. The van der Waals surface area contributed by atoms with Crippen molar-refractivity contribution >= 4 is 17.6 Å². The summed E-state index contributed by atoms with van der Waals surface area (Å²) in [5.74, 6) is 5.28. The minimum atomic E-state index is -0.681. The van der Waals surface area contributed by atoms with E-state index in [1.54, 1.807) is 24.2 Å². The number of amides is 1. The number of ketones is 2.